The molecule has 1 N–H and O–H groups in total. The number of ether oxygens (including phenoxy) is 1. The Bertz CT molecular complexity index is 948. The lowest BCUT2D eigenvalue weighted by Gasteiger charge is -2.22. The van der Waals surface area contributed by atoms with Gasteiger partial charge >= 0.3 is 0 Å². The average molecular weight is 398 g/mol. The number of aryl methyl sites for hydroxylation is 1. The Morgan fingerprint density at radius 2 is 1.89 bits per heavy atom. The fourth-order valence-corrected chi connectivity index (χ4v) is 3.78. The minimum Gasteiger partial charge on any atom is -0.495 e. The number of carbonyl (C=O) groups is 1. The number of nitrogens with zero attached hydrogens (tertiary/aromatic N) is 1. The van der Waals surface area contributed by atoms with Crippen molar-refractivity contribution in [3.05, 3.63) is 53.6 Å². The molecule has 0 unspecified atom stereocenters. The predicted octanol–water partition coefficient (Wildman–Crippen LogP) is 2.61. The summed E-state index contributed by atoms with van der Waals surface area (Å²) in [6.45, 7) is 2.65. The number of nitrogens with one attached hydrogen (secondary N) is 1. The first kappa shape index (κ1) is 20.8. The second kappa shape index (κ2) is 8.45. The van der Waals surface area contributed by atoms with Gasteiger partial charge < -0.3 is 9.64 Å². The Morgan fingerprint density at radius 3 is 2.48 bits per heavy atom. The Balaban J connectivity index is 2.17. The van der Waals surface area contributed by atoms with Crippen molar-refractivity contribution < 1.29 is 26.7 Å². The van der Waals surface area contributed by atoms with Crippen LogP contribution < -0.4 is 14.4 Å². The number of anilines is 1. The first-order valence-electron chi connectivity index (χ1n) is 8.03. The summed E-state index contributed by atoms with van der Waals surface area (Å²) in [7, 11) is -2.55. The smallest absolute Gasteiger partial charge is 0.244 e. The molecule has 0 fully saturated rings. The van der Waals surface area contributed by atoms with Crippen LogP contribution in [-0.2, 0) is 14.8 Å². The first-order chi connectivity index (χ1) is 12.7. The maximum atomic E-state index is 13.9. The standard InChI is InChI=1S/C18H20F2N2O4S/c1-12-4-7-17(26-3)18(10-12)27(24,25)21-8-9-22(13(2)23)16-6-5-14(19)11-15(16)20/h4-7,10-11,21H,8-9H2,1-3H3. The highest BCUT2D eigenvalue weighted by atomic mass is 32.2. The van der Waals surface area contributed by atoms with Crippen molar-refractivity contribution in [3.63, 3.8) is 0 Å². The van der Waals surface area contributed by atoms with E-state index in [0.717, 1.165) is 22.6 Å². The van der Waals surface area contributed by atoms with E-state index in [4.69, 9.17) is 4.74 Å². The van der Waals surface area contributed by atoms with Gasteiger partial charge in [-0.3, -0.25) is 4.79 Å². The van der Waals surface area contributed by atoms with Gasteiger partial charge in [0.1, 0.15) is 22.3 Å². The number of benzene rings is 2. The van der Waals surface area contributed by atoms with E-state index in [9.17, 15) is 22.0 Å². The molecule has 0 saturated carbocycles. The number of rotatable bonds is 7. The Labute approximate surface area is 156 Å². The summed E-state index contributed by atoms with van der Waals surface area (Å²) in [6, 6.07) is 7.53. The number of methoxy groups -OCH3 is 1. The molecule has 0 atom stereocenters. The van der Waals surface area contributed by atoms with Crippen LogP contribution in [0.3, 0.4) is 0 Å². The van der Waals surface area contributed by atoms with Crippen molar-refractivity contribution >= 4 is 21.6 Å². The highest BCUT2D eigenvalue weighted by molar-refractivity contribution is 7.89. The topological polar surface area (TPSA) is 75.7 Å². The fourth-order valence-electron chi connectivity index (χ4n) is 2.51. The van der Waals surface area contributed by atoms with Crippen LogP contribution >= 0.6 is 0 Å². The van der Waals surface area contributed by atoms with Crippen LogP contribution in [0.25, 0.3) is 0 Å². The van der Waals surface area contributed by atoms with Gasteiger partial charge in [-0.2, -0.15) is 0 Å². The van der Waals surface area contributed by atoms with Gasteiger partial charge in [0, 0.05) is 26.1 Å². The highest BCUT2D eigenvalue weighted by Gasteiger charge is 2.21. The first-order valence-corrected chi connectivity index (χ1v) is 9.51. The number of hydrogen-bond acceptors (Lipinski definition) is 4. The van der Waals surface area contributed by atoms with E-state index in [-0.39, 0.29) is 29.4 Å². The Kier molecular flexibility index (Phi) is 6.50. The zero-order valence-corrected chi connectivity index (χ0v) is 15.9. The molecule has 146 valence electrons. The van der Waals surface area contributed by atoms with Crippen LogP contribution in [0.5, 0.6) is 5.75 Å². The maximum absolute atomic E-state index is 13.9. The molecular weight excluding hydrogens is 378 g/mol. The zero-order chi connectivity index (χ0) is 20.2. The number of carbonyl (C=O) groups excluding carboxylic acids is 1. The normalized spacial score (nSPS) is 11.3. The monoisotopic (exact) mass is 398 g/mol. The largest absolute Gasteiger partial charge is 0.495 e. The van der Waals surface area contributed by atoms with Crippen LogP contribution in [0.15, 0.2) is 41.3 Å². The third kappa shape index (κ3) is 5.01. The summed E-state index contributed by atoms with van der Waals surface area (Å²) in [5, 5.41) is 0. The third-order valence-electron chi connectivity index (χ3n) is 3.82. The SMILES string of the molecule is COc1ccc(C)cc1S(=O)(=O)NCCN(C(C)=O)c1ccc(F)cc1F. The van der Waals surface area contributed by atoms with Gasteiger partial charge in [-0.05, 0) is 36.8 Å². The van der Waals surface area contributed by atoms with Crippen LogP contribution in [0, 0.1) is 18.6 Å². The molecule has 0 bridgehead atoms. The second-order valence-corrected chi connectivity index (χ2v) is 7.55. The summed E-state index contributed by atoms with van der Waals surface area (Å²) in [5.41, 5.74) is 0.603. The van der Waals surface area contributed by atoms with Crippen molar-refractivity contribution in [1.29, 1.82) is 0 Å². The lowest BCUT2D eigenvalue weighted by atomic mass is 10.2. The molecule has 6 nitrogen and oxygen atoms in total. The molecule has 0 aliphatic carbocycles. The molecule has 27 heavy (non-hydrogen) atoms. The van der Waals surface area contributed by atoms with E-state index in [1.807, 2.05) is 0 Å². The quantitative estimate of drug-likeness (QED) is 0.778. The van der Waals surface area contributed by atoms with E-state index < -0.39 is 27.6 Å². The van der Waals surface area contributed by atoms with Crippen molar-refractivity contribution in [2.75, 3.05) is 25.1 Å². The third-order valence-corrected chi connectivity index (χ3v) is 5.30. The van der Waals surface area contributed by atoms with Gasteiger partial charge in [-0.25, -0.2) is 21.9 Å². The summed E-state index contributed by atoms with van der Waals surface area (Å²) in [6.07, 6.45) is 0. The summed E-state index contributed by atoms with van der Waals surface area (Å²) in [5.74, 6) is -2.01. The minimum absolute atomic E-state index is 0.0349. The lowest BCUT2D eigenvalue weighted by Crippen LogP contribution is -2.38. The molecular formula is C18H20F2N2O4S. The summed E-state index contributed by atoms with van der Waals surface area (Å²) >= 11 is 0. The van der Waals surface area contributed by atoms with Gasteiger partial charge in [-0.15, -0.1) is 0 Å². The van der Waals surface area contributed by atoms with Crippen molar-refractivity contribution in [2.45, 2.75) is 18.7 Å². The Morgan fingerprint density at radius 1 is 1.19 bits per heavy atom. The molecule has 0 heterocycles. The zero-order valence-electron chi connectivity index (χ0n) is 15.1. The van der Waals surface area contributed by atoms with E-state index in [0.29, 0.717) is 6.07 Å². The summed E-state index contributed by atoms with van der Waals surface area (Å²) in [4.78, 5) is 12.8. The summed E-state index contributed by atoms with van der Waals surface area (Å²) < 4.78 is 59.5. The van der Waals surface area contributed by atoms with Gasteiger partial charge in [0.25, 0.3) is 0 Å². The van der Waals surface area contributed by atoms with Gasteiger partial charge in [0.15, 0.2) is 0 Å². The van der Waals surface area contributed by atoms with E-state index in [1.54, 1.807) is 19.1 Å². The van der Waals surface area contributed by atoms with Crippen LogP contribution in [0.2, 0.25) is 0 Å². The lowest BCUT2D eigenvalue weighted by molar-refractivity contribution is -0.116. The maximum Gasteiger partial charge on any atom is 0.244 e. The molecule has 0 spiro atoms. The molecule has 2 rings (SSSR count). The second-order valence-electron chi connectivity index (χ2n) is 5.82. The van der Waals surface area contributed by atoms with Crippen molar-refractivity contribution in [3.8, 4) is 5.75 Å². The van der Waals surface area contributed by atoms with Gasteiger partial charge in [0.2, 0.25) is 15.9 Å². The molecule has 0 aromatic heterocycles. The molecule has 2 aromatic rings. The Hall–Kier alpha value is -2.52. The molecule has 2 aromatic carbocycles. The van der Waals surface area contributed by atoms with Crippen LogP contribution in [0.4, 0.5) is 14.5 Å². The molecule has 0 aliphatic heterocycles. The highest BCUT2D eigenvalue weighted by Crippen LogP contribution is 2.24. The number of halogens is 2. The minimum atomic E-state index is -3.91. The molecule has 1 amide bonds. The number of hydrogen-bond donors (Lipinski definition) is 1. The van der Waals surface area contributed by atoms with Crippen LogP contribution in [0.1, 0.15) is 12.5 Å². The van der Waals surface area contributed by atoms with Crippen molar-refractivity contribution in [1.82, 2.24) is 4.72 Å². The molecule has 0 radical (unpaired) electrons. The molecule has 0 aliphatic rings. The molecule has 9 heteroatoms. The molecule has 0 saturated heterocycles. The van der Waals surface area contributed by atoms with Gasteiger partial charge in [0.05, 0.1) is 12.8 Å². The van der Waals surface area contributed by atoms with Gasteiger partial charge in [-0.1, -0.05) is 6.07 Å². The number of amides is 1. The van der Waals surface area contributed by atoms with Crippen molar-refractivity contribution in [2.24, 2.45) is 0 Å². The van der Waals surface area contributed by atoms with E-state index >= 15 is 0 Å². The van der Waals surface area contributed by atoms with E-state index in [1.165, 1.54) is 20.1 Å². The number of sulfonamides is 1. The fraction of sp³-hybridized carbons (Fsp3) is 0.278. The average Bonchev–Trinajstić information content (AvgIpc) is 2.59. The van der Waals surface area contributed by atoms with Crippen LogP contribution in [-0.4, -0.2) is 34.5 Å². The van der Waals surface area contributed by atoms with E-state index in [2.05, 4.69) is 4.72 Å². The predicted molar refractivity (Wildman–Crippen MR) is 97.3 cm³/mol.